The Morgan fingerprint density at radius 2 is 1.17 bits per heavy atom. The minimum Gasteiger partial charge on any atom is -0.453 e. The van der Waals surface area contributed by atoms with Crippen LogP contribution in [0.5, 0.6) is 11.5 Å². The van der Waals surface area contributed by atoms with E-state index in [2.05, 4.69) is 85.9 Å². The third-order valence-electron chi connectivity index (χ3n) is 7.58. The van der Waals surface area contributed by atoms with Gasteiger partial charge in [0.25, 0.3) is 0 Å². The van der Waals surface area contributed by atoms with Gasteiger partial charge < -0.3 is 9.64 Å². The summed E-state index contributed by atoms with van der Waals surface area (Å²) in [5.74, 6) is 2.20. The van der Waals surface area contributed by atoms with E-state index in [4.69, 9.17) is 39.1 Å². The number of hydrogen-bond donors (Lipinski definition) is 0. The standard InChI is InChI=1S/C34H17N5OS2/c41-18-35-33-34(36-19-42)38-32-25-17-16-22(23-6-5-7-24(30(23)25)31(32)37-33)20-12-14-21(15-13-20)39-26-8-1-3-10-28(26)40-29-11-4-2-9-27(29)39/h1-17H. The van der Waals surface area contributed by atoms with Gasteiger partial charge in [0.05, 0.1) is 33.1 Å². The van der Waals surface area contributed by atoms with Gasteiger partial charge >= 0.3 is 0 Å². The van der Waals surface area contributed by atoms with E-state index in [0.717, 1.165) is 73.0 Å². The lowest BCUT2D eigenvalue weighted by Crippen LogP contribution is -2.15. The van der Waals surface area contributed by atoms with Crippen molar-refractivity contribution in [2.45, 2.75) is 0 Å². The lowest BCUT2D eigenvalue weighted by atomic mass is 9.94. The highest BCUT2D eigenvalue weighted by Gasteiger charge is 2.28. The van der Waals surface area contributed by atoms with Crippen LogP contribution in [0.3, 0.4) is 0 Å². The number of hydrogen-bond acceptors (Lipinski definition) is 8. The Balaban J connectivity index is 1.25. The molecule has 0 N–H and O–H groups in total. The Morgan fingerprint density at radius 3 is 1.79 bits per heavy atom. The van der Waals surface area contributed by atoms with Crippen molar-refractivity contribution < 1.29 is 4.74 Å². The molecule has 0 atom stereocenters. The summed E-state index contributed by atoms with van der Waals surface area (Å²) in [7, 11) is 0. The van der Waals surface area contributed by atoms with Gasteiger partial charge in [0.15, 0.2) is 11.5 Å². The monoisotopic (exact) mass is 575 g/mol. The first-order valence-corrected chi connectivity index (χ1v) is 14.0. The molecule has 2 heterocycles. The van der Waals surface area contributed by atoms with Gasteiger partial charge in [-0.15, -0.1) is 0 Å². The van der Waals surface area contributed by atoms with E-state index in [1.807, 2.05) is 42.5 Å². The summed E-state index contributed by atoms with van der Waals surface area (Å²) < 4.78 is 6.19. The summed E-state index contributed by atoms with van der Waals surface area (Å²) in [4.78, 5) is 19.9. The molecule has 8 heteroatoms. The number of para-hydroxylation sites is 4. The smallest absolute Gasteiger partial charge is 0.209 e. The van der Waals surface area contributed by atoms with E-state index in [1.165, 1.54) is 0 Å². The van der Waals surface area contributed by atoms with Crippen molar-refractivity contribution in [1.29, 1.82) is 0 Å². The third kappa shape index (κ3) is 3.65. The molecule has 5 aromatic carbocycles. The van der Waals surface area contributed by atoms with Crippen LogP contribution in [0, 0.1) is 0 Å². The minimum atomic E-state index is 0.271. The molecule has 0 unspecified atom stereocenters. The highest BCUT2D eigenvalue weighted by atomic mass is 32.1. The molecule has 0 amide bonds. The normalized spacial score (nSPS) is 12.0. The fraction of sp³-hybridized carbons (Fsp3) is 0. The number of anilines is 3. The maximum atomic E-state index is 6.19. The second-order valence-electron chi connectivity index (χ2n) is 9.78. The van der Waals surface area contributed by atoms with Crippen LogP contribution in [-0.4, -0.2) is 20.3 Å². The molecule has 6 aromatic rings. The van der Waals surface area contributed by atoms with E-state index in [1.54, 1.807) is 0 Å². The molecule has 196 valence electrons. The Hall–Kier alpha value is -5.36. The molecule has 0 spiro atoms. The van der Waals surface area contributed by atoms with Gasteiger partial charge in [-0.2, -0.15) is 9.98 Å². The average molecular weight is 576 g/mol. The number of rotatable bonds is 4. The number of aromatic nitrogens is 2. The summed E-state index contributed by atoms with van der Waals surface area (Å²) in [5, 5.41) is 6.93. The molecule has 0 fully saturated rings. The minimum absolute atomic E-state index is 0.271. The van der Waals surface area contributed by atoms with Gasteiger partial charge in [0.1, 0.15) is 0 Å². The summed E-state index contributed by atoms with van der Waals surface area (Å²) >= 11 is 9.64. The van der Waals surface area contributed by atoms with E-state index >= 15 is 0 Å². The van der Waals surface area contributed by atoms with Crippen LogP contribution in [0.1, 0.15) is 0 Å². The number of ether oxygens (including phenoxy) is 1. The van der Waals surface area contributed by atoms with Crippen molar-refractivity contribution in [2.75, 3.05) is 4.90 Å². The fourth-order valence-corrected chi connectivity index (χ4v) is 6.03. The van der Waals surface area contributed by atoms with Crippen LogP contribution in [0.2, 0.25) is 0 Å². The summed E-state index contributed by atoms with van der Waals surface area (Å²) in [5.41, 5.74) is 8.72. The zero-order valence-electron chi connectivity index (χ0n) is 21.8. The third-order valence-corrected chi connectivity index (χ3v) is 7.76. The van der Waals surface area contributed by atoms with E-state index in [9.17, 15) is 0 Å². The molecule has 6 nitrogen and oxygen atoms in total. The highest BCUT2D eigenvalue weighted by molar-refractivity contribution is 7.78. The van der Waals surface area contributed by atoms with E-state index in [-0.39, 0.29) is 11.6 Å². The van der Waals surface area contributed by atoms with Crippen LogP contribution in [0.25, 0.3) is 44.4 Å². The summed E-state index contributed by atoms with van der Waals surface area (Å²) in [6, 6.07) is 35.3. The van der Waals surface area contributed by atoms with Gasteiger partial charge in [-0.1, -0.05) is 66.7 Å². The molecule has 0 bridgehead atoms. The van der Waals surface area contributed by atoms with Gasteiger partial charge in [-0.25, -0.2) is 9.97 Å². The van der Waals surface area contributed by atoms with Crippen LogP contribution >= 0.6 is 24.4 Å². The first-order chi connectivity index (χ1) is 20.7. The first kappa shape index (κ1) is 24.4. The quantitative estimate of drug-likeness (QED) is 0.154. The second kappa shape index (κ2) is 9.63. The predicted molar refractivity (Wildman–Crippen MR) is 174 cm³/mol. The van der Waals surface area contributed by atoms with Crippen LogP contribution in [0.15, 0.2) is 113 Å². The van der Waals surface area contributed by atoms with Gasteiger partial charge in [-0.3, -0.25) is 0 Å². The van der Waals surface area contributed by atoms with Crippen molar-refractivity contribution in [3.05, 3.63) is 103 Å². The lowest BCUT2D eigenvalue weighted by Gasteiger charge is -2.32. The van der Waals surface area contributed by atoms with Crippen LogP contribution in [0.4, 0.5) is 28.7 Å². The Labute approximate surface area is 251 Å². The Bertz CT molecular complexity index is 2100. The number of isothiocyanates is 2. The second-order valence-corrected chi connectivity index (χ2v) is 10.1. The Morgan fingerprint density at radius 1 is 0.595 bits per heavy atom. The first-order valence-electron chi connectivity index (χ1n) is 13.2. The lowest BCUT2D eigenvalue weighted by molar-refractivity contribution is 0.477. The van der Waals surface area contributed by atoms with Crippen molar-refractivity contribution >= 4 is 74.2 Å². The number of nitrogens with zero attached hydrogens (tertiary/aromatic N) is 5. The molecular weight excluding hydrogens is 559 g/mol. The molecule has 1 aromatic heterocycles. The fourth-order valence-electron chi connectivity index (χ4n) is 5.86. The van der Waals surface area contributed by atoms with Crippen LogP contribution < -0.4 is 9.64 Å². The van der Waals surface area contributed by atoms with Crippen molar-refractivity contribution in [3.8, 4) is 45.1 Å². The van der Waals surface area contributed by atoms with E-state index in [0.29, 0.717) is 0 Å². The largest absolute Gasteiger partial charge is 0.453 e. The molecule has 2 aliphatic rings. The molecule has 0 radical (unpaired) electrons. The van der Waals surface area contributed by atoms with Crippen molar-refractivity contribution in [2.24, 2.45) is 9.98 Å². The van der Waals surface area contributed by atoms with Gasteiger partial charge in [0, 0.05) is 22.2 Å². The van der Waals surface area contributed by atoms with Gasteiger partial charge in [0.2, 0.25) is 11.6 Å². The molecule has 0 saturated carbocycles. The SMILES string of the molecule is S=C=Nc1nc2c(nc1N=C=S)-c1ccc(-c3ccc(N4c5ccccc5Oc5ccccc54)cc3)c3cccc-2c13. The molecule has 1 aliphatic heterocycles. The summed E-state index contributed by atoms with van der Waals surface area (Å²) in [6.07, 6.45) is 0. The van der Waals surface area contributed by atoms with Crippen LogP contribution in [-0.2, 0) is 0 Å². The topological polar surface area (TPSA) is 63.0 Å². The summed E-state index contributed by atoms with van der Waals surface area (Å²) in [6.45, 7) is 0. The maximum absolute atomic E-state index is 6.19. The van der Waals surface area contributed by atoms with Gasteiger partial charge in [-0.05, 0) is 77.3 Å². The number of fused-ring (bicyclic) bond motifs is 5. The average Bonchev–Trinajstić information content (AvgIpc) is 3.34. The van der Waals surface area contributed by atoms with Crippen molar-refractivity contribution in [1.82, 2.24) is 9.97 Å². The molecule has 42 heavy (non-hydrogen) atoms. The van der Waals surface area contributed by atoms with E-state index < -0.39 is 0 Å². The Kier molecular flexibility index (Phi) is 5.60. The molecule has 0 saturated heterocycles. The predicted octanol–water partition coefficient (Wildman–Crippen LogP) is 9.99. The maximum Gasteiger partial charge on any atom is 0.209 e. The zero-order chi connectivity index (χ0) is 28.2. The zero-order valence-corrected chi connectivity index (χ0v) is 23.4. The molecule has 8 rings (SSSR count). The molecule has 1 aliphatic carbocycles. The van der Waals surface area contributed by atoms with Crippen molar-refractivity contribution in [3.63, 3.8) is 0 Å². The highest BCUT2D eigenvalue weighted by Crippen LogP contribution is 2.51. The number of thiocarbonyl (C=S) groups is 2. The number of aliphatic imine (C=N–C) groups is 2. The molecular formula is C34H17N5OS2. The number of benzene rings is 5.